The van der Waals surface area contributed by atoms with E-state index in [2.05, 4.69) is 33.5 Å². The second kappa shape index (κ2) is 7.48. The summed E-state index contributed by atoms with van der Waals surface area (Å²) in [6.45, 7) is 4.94. The number of hydrogen-bond acceptors (Lipinski definition) is 4. The normalized spacial score (nSPS) is 10.8. The third kappa shape index (κ3) is 4.45. The summed E-state index contributed by atoms with van der Waals surface area (Å²) in [5.74, 6) is 0.131. The molecule has 0 saturated heterocycles. The van der Waals surface area contributed by atoms with Crippen molar-refractivity contribution in [2.45, 2.75) is 33.4 Å². The number of nitrogens with zero attached hydrogens (tertiary/aromatic N) is 5. The fourth-order valence-corrected chi connectivity index (χ4v) is 2.55. The van der Waals surface area contributed by atoms with Gasteiger partial charge in [-0.05, 0) is 25.0 Å². The van der Waals surface area contributed by atoms with Crippen molar-refractivity contribution in [2.75, 3.05) is 5.32 Å². The van der Waals surface area contributed by atoms with Crippen molar-refractivity contribution in [3.8, 4) is 0 Å². The molecule has 8 heteroatoms. The third-order valence-electron chi connectivity index (χ3n) is 3.84. The molecule has 0 aliphatic heterocycles. The van der Waals surface area contributed by atoms with E-state index in [0.29, 0.717) is 24.1 Å². The number of amides is 1. The Morgan fingerprint density at radius 3 is 2.72 bits per heavy atom. The van der Waals surface area contributed by atoms with Crippen LogP contribution in [0.2, 0.25) is 5.02 Å². The Bertz CT molecular complexity index is 865. The zero-order chi connectivity index (χ0) is 17.8. The predicted molar refractivity (Wildman–Crippen MR) is 95.5 cm³/mol. The second-order valence-electron chi connectivity index (χ2n) is 5.82. The molecule has 130 valence electrons. The van der Waals surface area contributed by atoms with Crippen LogP contribution < -0.4 is 5.32 Å². The molecule has 1 N–H and O–H groups in total. The van der Waals surface area contributed by atoms with Gasteiger partial charge in [-0.25, -0.2) is 9.67 Å². The van der Waals surface area contributed by atoms with Gasteiger partial charge in [-0.3, -0.25) is 14.8 Å². The van der Waals surface area contributed by atoms with Crippen LogP contribution in [0.25, 0.3) is 0 Å². The van der Waals surface area contributed by atoms with E-state index in [0.717, 1.165) is 11.3 Å². The molecule has 25 heavy (non-hydrogen) atoms. The van der Waals surface area contributed by atoms with Crippen molar-refractivity contribution in [2.24, 2.45) is 0 Å². The van der Waals surface area contributed by atoms with Crippen LogP contribution in [0.1, 0.15) is 23.2 Å². The Morgan fingerprint density at radius 2 is 2.00 bits per heavy atom. The fraction of sp³-hybridized carbons (Fsp3) is 0.294. The lowest BCUT2D eigenvalue weighted by Gasteiger charge is -2.04. The molecule has 0 fully saturated rings. The summed E-state index contributed by atoms with van der Waals surface area (Å²) < 4.78 is 3.36. The molecule has 0 bridgehead atoms. The Labute approximate surface area is 150 Å². The van der Waals surface area contributed by atoms with Crippen LogP contribution in [0, 0.1) is 13.8 Å². The molecule has 2 heterocycles. The molecule has 1 amide bonds. The maximum atomic E-state index is 12.0. The highest BCUT2D eigenvalue weighted by atomic mass is 35.5. The molecule has 7 nitrogen and oxygen atoms in total. The lowest BCUT2D eigenvalue weighted by molar-refractivity contribution is -0.116. The van der Waals surface area contributed by atoms with E-state index < -0.39 is 0 Å². The summed E-state index contributed by atoms with van der Waals surface area (Å²) in [6, 6.07) is 8.09. The minimum Gasteiger partial charge on any atom is -0.293 e. The smallest absolute Gasteiger partial charge is 0.248 e. The van der Waals surface area contributed by atoms with E-state index in [9.17, 15) is 4.79 Å². The molecule has 0 spiro atoms. The van der Waals surface area contributed by atoms with E-state index in [1.807, 2.05) is 25.1 Å². The maximum Gasteiger partial charge on any atom is 0.248 e. The van der Waals surface area contributed by atoms with E-state index in [1.165, 1.54) is 5.56 Å². The molecule has 3 aromatic rings. The van der Waals surface area contributed by atoms with E-state index in [-0.39, 0.29) is 12.3 Å². The topological polar surface area (TPSA) is 77.6 Å². The average Bonchev–Trinajstić information content (AvgIpc) is 3.14. The maximum absolute atomic E-state index is 12.0. The molecule has 0 aliphatic rings. The van der Waals surface area contributed by atoms with Gasteiger partial charge >= 0.3 is 0 Å². The molecule has 2 aromatic heterocycles. The molecule has 1 aromatic carbocycles. The van der Waals surface area contributed by atoms with Crippen molar-refractivity contribution in [1.29, 1.82) is 0 Å². The average molecular weight is 359 g/mol. The molecule has 0 aliphatic carbocycles. The van der Waals surface area contributed by atoms with Gasteiger partial charge in [0.15, 0.2) is 0 Å². The number of halogens is 1. The molecule has 0 atom stereocenters. The van der Waals surface area contributed by atoms with Crippen molar-refractivity contribution in [3.63, 3.8) is 0 Å². The number of rotatable bonds is 6. The van der Waals surface area contributed by atoms with Crippen LogP contribution in [0.15, 0.2) is 36.8 Å². The fourth-order valence-electron chi connectivity index (χ4n) is 2.40. The van der Waals surface area contributed by atoms with Crippen LogP contribution in [-0.4, -0.2) is 30.5 Å². The largest absolute Gasteiger partial charge is 0.293 e. The Morgan fingerprint density at radius 1 is 1.20 bits per heavy atom. The molecule has 3 rings (SSSR count). The van der Waals surface area contributed by atoms with Gasteiger partial charge in [0.05, 0.1) is 17.3 Å². The van der Waals surface area contributed by atoms with Gasteiger partial charge in [0.2, 0.25) is 11.9 Å². The van der Waals surface area contributed by atoms with Crippen LogP contribution in [0.3, 0.4) is 0 Å². The summed E-state index contributed by atoms with van der Waals surface area (Å²) in [5, 5.41) is 11.8. The third-order valence-corrected chi connectivity index (χ3v) is 4.21. The van der Waals surface area contributed by atoms with Gasteiger partial charge < -0.3 is 0 Å². The van der Waals surface area contributed by atoms with E-state index >= 15 is 0 Å². The number of nitrogens with one attached hydrogen (secondary N) is 1. The first-order valence-corrected chi connectivity index (χ1v) is 8.32. The number of anilines is 1. The van der Waals surface area contributed by atoms with Crippen LogP contribution in [-0.2, 0) is 17.9 Å². The highest BCUT2D eigenvalue weighted by molar-refractivity contribution is 6.31. The minimum atomic E-state index is -0.169. The molecule has 0 saturated carbocycles. The van der Waals surface area contributed by atoms with Crippen LogP contribution in [0.5, 0.6) is 0 Å². The number of carbonyl (C=O) groups excluding carboxylic acids is 1. The minimum absolute atomic E-state index is 0.169. The highest BCUT2D eigenvalue weighted by Gasteiger charge is 2.09. The number of hydrogen-bond donors (Lipinski definition) is 1. The number of aromatic nitrogens is 5. The van der Waals surface area contributed by atoms with Crippen LogP contribution in [0.4, 0.5) is 5.95 Å². The van der Waals surface area contributed by atoms with E-state index in [4.69, 9.17) is 11.6 Å². The molecular formula is C17H19ClN6O. The summed E-state index contributed by atoms with van der Waals surface area (Å²) in [6.07, 6.45) is 3.59. The van der Waals surface area contributed by atoms with Crippen molar-refractivity contribution >= 4 is 23.5 Å². The van der Waals surface area contributed by atoms with Gasteiger partial charge in [-0.1, -0.05) is 35.9 Å². The number of carbonyl (C=O) groups is 1. The second-order valence-corrected chi connectivity index (χ2v) is 6.22. The molecule has 0 radical (unpaired) electrons. The Hall–Kier alpha value is -2.67. The van der Waals surface area contributed by atoms with Crippen LogP contribution >= 0.6 is 11.6 Å². The lowest BCUT2D eigenvalue weighted by Crippen LogP contribution is -2.16. The van der Waals surface area contributed by atoms with Crippen molar-refractivity contribution in [1.82, 2.24) is 24.5 Å². The van der Waals surface area contributed by atoms with Gasteiger partial charge in [0.25, 0.3) is 0 Å². The SMILES string of the molecule is Cc1ccccc1Cn1cnc(NC(=O)CCn2cc(Cl)c(C)n2)n1. The van der Waals surface area contributed by atoms with E-state index in [1.54, 1.807) is 21.9 Å². The molecular weight excluding hydrogens is 340 g/mol. The summed E-state index contributed by atoms with van der Waals surface area (Å²) in [4.78, 5) is 16.2. The summed E-state index contributed by atoms with van der Waals surface area (Å²) >= 11 is 5.95. The van der Waals surface area contributed by atoms with Gasteiger partial charge in [0.1, 0.15) is 6.33 Å². The number of benzene rings is 1. The number of aryl methyl sites for hydroxylation is 3. The van der Waals surface area contributed by atoms with Crippen molar-refractivity contribution < 1.29 is 4.79 Å². The van der Waals surface area contributed by atoms with Gasteiger partial charge in [-0.15, -0.1) is 5.10 Å². The molecule has 0 unspecified atom stereocenters. The highest BCUT2D eigenvalue weighted by Crippen LogP contribution is 2.12. The Balaban J connectivity index is 1.54. The quantitative estimate of drug-likeness (QED) is 0.735. The van der Waals surface area contributed by atoms with Gasteiger partial charge in [0, 0.05) is 19.2 Å². The first kappa shape index (κ1) is 17.2. The van der Waals surface area contributed by atoms with Gasteiger partial charge in [-0.2, -0.15) is 5.10 Å². The summed E-state index contributed by atoms with van der Waals surface area (Å²) in [7, 11) is 0. The Kier molecular flexibility index (Phi) is 5.14. The predicted octanol–water partition coefficient (Wildman–Crippen LogP) is 2.82. The standard InChI is InChI=1S/C17H19ClN6O/c1-12-5-3-4-6-14(12)9-24-11-19-17(22-24)20-16(25)7-8-23-10-15(18)13(2)21-23/h3-6,10-11H,7-9H2,1-2H3,(H,20,22,25). The summed E-state index contributed by atoms with van der Waals surface area (Å²) in [5.41, 5.74) is 3.10. The first-order valence-electron chi connectivity index (χ1n) is 7.94. The zero-order valence-electron chi connectivity index (χ0n) is 14.1. The zero-order valence-corrected chi connectivity index (χ0v) is 14.9. The lowest BCUT2D eigenvalue weighted by atomic mass is 10.1. The monoisotopic (exact) mass is 358 g/mol. The first-order chi connectivity index (χ1) is 12.0. The van der Waals surface area contributed by atoms with Crippen molar-refractivity contribution in [3.05, 3.63) is 58.6 Å².